The lowest BCUT2D eigenvalue weighted by Crippen LogP contribution is -2.30. The summed E-state index contributed by atoms with van der Waals surface area (Å²) in [6.07, 6.45) is 3.33. The van der Waals surface area contributed by atoms with Crippen LogP contribution in [-0.4, -0.2) is 43.5 Å². The molecule has 0 fully saturated rings. The lowest BCUT2D eigenvalue weighted by molar-refractivity contribution is -0.119. The third-order valence-corrected chi connectivity index (χ3v) is 5.26. The molecule has 2 rings (SSSR count). The van der Waals surface area contributed by atoms with E-state index in [2.05, 4.69) is 15.2 Å². The van der Waals surface area contributed by atoms with Crippen molar-refractivity contribution < 1.29 is 23.5 Å². The molecule has 0 atom stereocenters. The van der Waals surface area contributed by atoms with Gasteiger partial charge in [-0.05, 0) is 36.9 Å². The third kappa shape index (κ3) is 6.79. The number of thioether (sulfide) groups is 1. The van der Waals surface area contributed by atoms with Crippen LogP contribution in [0.3, 0.4) is 0 Å². The Bertz CT molecular complexity index is 1110. The van der Waals surface area contributed by atoms with Crippen LogP contribution < -0.4 is 20.5 Å². The molecule has 0 saturated carbocycles. The Labute approximate surface area is 202 Å². The summed E-state index contributed by atoms with van der Waals surface area (Å²) in [5.41, 5.74) is 5.85. The van der Waals surface area contributed by atoms with Gasteiger partial charge in [-0.25, -0.2) is 9.24 Å². The SMILES string of the molecule is [C-]#[N+]c1ccc(OCCCC)c(C(=O)N=C(NC(=O)CCN)SC)c1-c1cc(F)ccc1OC. The van der Waals surface area contributed by atoms with Crippen molar-refractivity contribution in [3.63, 3.8) is 0 Å². The zero-order valence-electron chi connectivity index (χ0n) is 19.3. The largest absolute Gasteiger partial charge is 0.496 e. The molecule has 0 aliphatic rings. The Morgan fingerprint density at radius 3 is 2.62 bits per heavy atom. The second-order valence-corrected chi connectivity index (χ2v) is 7.80. The molecule has 0 radical (unpaired) electrons. The van der Waals surface area contributed by atoms with Gasteiger partial charge in [0.05, 0.1) is 25.9 Å². The summed E-state index contributed by atoms with van der Waals surface area (Å²) in [5, 5.41) is 2.61. The van der Waals surface area contributed by atoms with Gasteiger partial charge in [0.1, 0.15) is 17.3 Å². The van der Waals surface area contributed by atoms with E-state index in [1.165, 1.54) is 37.4 Å². The van der Waals surface area contributed by atoms with Gasteiger partial charge in [-0.15, -0.1) is 0 Å². The fourth-order valence-electron chi connectivity index (χ4n) is 3.06. The van der Waals surface area contributed by atoms with Crippen LogP contribution in [0.2, 0.25) is 0 Å². The molecule has 10 heteroatoms. The zero-order valence-corrected chi connectivity index (χ0v) is 20.1. The lowest BCUT2D eigenvalue weighted by atomic mass is 9.95. The number of nitrogens with one attached hydrogen (secondary N) is 1. The maximum atomic E-state index is 14.2. The summed E-state index contributed by atoms with van der Waals surface area (Å²) in [6, 6.07) is 6.86. The molecule has 0 aromatic heterocycles. The molecule has 8 nitrogen and oxygen atoms in total. The molecule has 0 heterocycles. The molecule has 2 aromatic rings. The van der Waals surface area contributed by atoms with Crippen molar-refractivity contribution in [3.05, 3.63) is 53.1 Å². The fourth-order valence-corrected chi connectivity index (χ4v) is 3.45. The predicted octanol–water partition coefficient (Wildman–Crippen LogP) is 4.56. The molecule has 180 valence electrons. The first-order valence-electron chi connectivity index (χ1n) is 10.6. The van der Waals surface area contributed by atoms with E-state index in [-0.39, 0.29) is 57.9 Å². The Hall–Kier alpha value is -3.42. The minimum atomic E-state index is -0.754. The number of nitrogens with two attached hydrogens (primary N) is 1. The summed E-state index contributed by atoms with van der Waals surface area (Å²) < 4.78 is 25.5. The van der Waals surface area contributed by atoms with Crippen molar-refractivity contribution in [2.75, 3.05) is 26.5 Å². The average Bonchev–Trinajstić information content (AvgIpc) is 2.83. The van der Waals surface area contributed by atoms with Gasteiger partial charge < -0.3 is 20.5 Å². The second kappa shape index (κ2) is 13.3. The summed E-state index contributed by atoms with van der Waals surface area (Å²) in [4.78, 5) is 33.0. The Morgan fingerprint density at radius 2 is 2.00 bits per heavy atom. The number of carbonyl (C=O) groups is 2. The number of benzene rings is 2. The van der Waals surface area contributed by atoms with E-state index in [1.807, 2.05) is 6.92 Å². The number of ether oxygens (including phenoxy) is 2. The molecule has 0 aliphatic carbocycles. The number of aliphatic imine (C=N–C) groups is 1. The standard InChI is InChI=1S/C24H27FN4O4S/c1-5-6-13-33-19-10-8-17(27-2)21(16-14-15(25)7-9-18(16)32-3)22(19)23(31)29-24(34-4)28-20(30)11-12-26/h7-10,14H,5-6,11-13,26H2,1,3-4H3,(H,28,29,30,31). The molecule has 0 bridgehead atoms. The number of amidine groups is 1. The van der Waals surface area contributed by atoms with E-state index >= 15 is 0 Å². The normalized spacial score (nSPS) is 11.0. The van der Waals surface area contributed by atoms with Gasteiger partial charge >= 0.3 is 0 Å². The molecule has 0 aliphatic heterocycles. The molecule has 2 aromatic carbocycles. The van der Waals surface area contributed by atoms with Gasteiger partial charge in [0.2, 0.25) is 5.91 Å². The molecular weight excluding hydrogens is 459 g/mol. The van der Waals surface area contributed by atoms with Gasteiger partial charge in [0, 0.05) is 24.1 Å². The van der Waals surface area contributed by atoms with Crippen LogP contribution in [0.4, 0.5) is 10.1 Å². The van der Waals surface area contributed by atoms with Crippen LogP contribution in [0.1, 0.15) is 36.5 Å². The van der Waals surface area contributed by atoms with Crippen molar-refractivity contribution in [1.29, 1.82) is 0 Å². The summed E-state index contributed by atoms with van der Waals surface area (Å²) in [5.74, 6) is -1.23. The molecule has 0 unspecified atom stereocenters. The smallest absolute Gasteiger partial charge is 0.282 e. The van der Waals surface area contributed by atoms with Gasteiger partial charge in [0.15, 0.2) is 10.9 Å². The third-order valence-electron chi connectivity index (χ3n) is 4.68. The highest BCUT2D eigenvalue weighted by Crippen LogP contribution is 2.43. The highest BCUT2D eigenvalue weighted by molar-refractivity contribution is 8.13. The first kappa shape index (κ1) is 26.8. The van der Waals surface area contributed by atoms with Crippen molar-refractivity contribution in [1.82, 2.24) is 5.32 Å². The van der Waals surface area contributed by atoms with Crippen molar-refractivity contribution in [2.45, 2.75) is 26.2 Å². The summed E-state index contributed by atoms with van der Waals surface area (Å²) in [7, 11) is 1.41. The number of carbonyl (C=O) groups excluding carboxylic acids is 2. The fraction of sp³-hybridized carbons (Fsp3) is 0.333. The van der Waals surface area contributed by atoms with Crippen LogP contribution >= 0.6 is 11.8 Å². The highest BCUT2D eigenvalue weighted by atomic mass is 32.2. The summed E-state index contributed by atoms with van der Waals surface area (Å²) >= 11 is 1.07. The maximum absolute atomic E-state index is 14.2. The first-order valence-corrected chi connectivity index (χ1v) is 11.8. The minimum absolute atomic E-state index is 0.0203. The number of hydrogen-bond acceptors (Lipinski definition) is 6. The van der Waals surface area contributed by atoms with Crippen LogP contribution in [0.25, 0.3) is 16.0 Å². The Morgan fingerprint density at radius 1 is 1.26 bits per heavy atom. The number of amides is 2. The Kier molecular flexibility index (Phi) is 10.5. The maximum Gasteiger partial charge on any atom is 0.282 e. The van der Waals surface area contributed by atoms with Crippen LogP contribution in [-0.2, 0) is 4.79 Å². The van der Waals surface area contributed by atoms with Gasteiger partial charge in [0.25, 0.3) is 5.91 Å². The van der Waals surface area contributed by atoms with Crippen molar-refractivity contribution in [2.24, 2.45) is 10.7 Å². The Balaban J connectivity index is 2.75. The summed E-state index contributed by atoms with van der Waals surface area (Å²) in [6.45, 7) is 10.1. The topological polar surface area (TPSA) is 107 Å². The first-order chi connectivity index (χ1) is 16.4. The number of hydrogen-bond donors (Lipinski definition) is 2. The molecular formula is C24H27FN4O4S. The molecule has 3 N–H and O–H groups in total. The van der Waals surface area contributed by atoms with Gasteiger partial charge in [-0.2, -0.15) is 4.99 Å². The molecule has 2 amide bonds. The van der Waals surface area contributed by atoms with Crippen molar-refractivity contribution in [3.8, 4) is 22.6 Å². The predicted molar refractivity (Wildman–Crippen MR) is 132 cm³/mol. The van der Waals surface area contributed by atoms with E-state index < -0.39 is 11.7 Å². The van der Waals surface area contributed by atoms with E-state index in [9.17, 15) is 14.0 Å². The van der Waals surface area contributed by atoms with E-state index in [1.54, 1.807) is 6.26 Å². The minimum Gasteiger partial charge on any atom is -0.496 e. The number of methoxy groups -OCH3 is 1. The van der Waals surface area contributed by atoms with Gasteiger partial charge in [-0.3, -0.25) is 9.59 Å². The highest BCUT2D eigenvalue weighted by Gasteiger charge is 2.25. The lowest BCUT2D eigenvalue weighted by Gasteiger charge is -2.17. The average molecular weight is 487 g/mol. The number of rotatable bonds is 9. The van der Waals surface area contributed by atoms with E-state index in [4.69, 9.17) is 21.8 Å². The van der Waals surface area contributed by atoms with Gasteiger partial charge in [-0.1, -0.05) is 31.2 Å². The van der Waals surface area contributed by atoms with E-state index in [0.29, 0.717) is 6.61 Å². The van der Waals surface area contributed by atoms with Crippen molar-refractivity contribution >= 4 is 34.4 Å². The molecule has 0 spiro atoms. The molecule has 34 heavy (non-hydrogen) atoms. The quantitative estimate of drug-likeness (QED) is 0.233. The second-order valence-electron chi connectivity index (χ2n) is 7.00. The number of unbranched alkanes of at least 4 members (excludes halogenated alkanes) is 1. The van der Waals surface area contributed by atoms with Crippen LogP contribution in [0.15, 0.2) is 35.3 Å². The monoisotopic (exact) mass is 486 g/mol. The number of nitrogens with zero attached hydrogens (tertiary/aromatic N) is 2. The van der Waals surface area contributed by atoms with Crippen LogP contribution in [0, 0.1) is 12.4 Å². The zero-order chi connectivity index (χ0) is 25.1. The van der Waals surface area contributed by atoms with E-state index in [0.717, 1.165) is 24.6 Å². The van der Waals surface area contributed by atoms with Crippen LogP contribution in [0.5, 0.6) is 11.5 Å². The number of halogens is 1. The molecule has 0 saturated heterocycles.